The number of tetrazole rings is 1. The molecule has 3 aromatic heterocycles. The Kier molecular flexibility index (Phi) is 6.34. The average Bonchev–Trinajstić information content (AvgIpc) is 3.51. The van der Waals surface area contributed by atoms with Crippen molar-refractivity contribution in [2.45, 2.75) is 39.2 Å². The minimum absolute atomic E-state index is 0.292. The normalized spacial score (nSPS) is 11.8. The van der Waals surface area contributed by atoms with Gasteiger partial charge in [-0.2, -0.15) is 0 Å². The first-order valence-electron chi connectivity index (χ1n) is 10.0. The van der Waals surface area contributed by atoms with Crippen molar-refractivity contribution in [3.63, 3.8) is 0 Å². The van der Waals surface area contributed by atoms with Crippen molar-refractivity contribution in [3.8, 4) is 5.75 Å². The number of hydrogen-bond acceptors (Lipinski definition) is 6. The SMILES string of the molecule is CCCCc1ncc(C=C(Cc2cccs2)c2nnn[nH]2)n1Cc1ccccc1O. The van der Waals surface area contributed by atoms with Crippen LogP contribution in [0.4, 0.5) is 0 Å². The lowest BCUT2D eigenvalue weighted by Crippen LogP contribution is -2.08. The Bertz CT molecular complexity index is 1100. The number of benzene rings is 1. The zero-order chi connectivity index (χ0) is 20.8. The smallest absolute Gasteiger partial charge is 0.175 e. The molecule has 0 aliphatic heterocycles. The predicted molar refractivity (Wildman–Crippen MR) is 118 cm³/mol. The van der Waals surface area contributed by atoms with Gasteiger partial charge in [-0.15, -0.1) is 16.4 Å². The number of unbranched alkanes of at least 4 members (excludes halogenated alkanes) is 1. The van der Waals surface area contributed by atoms with Gasteiger partial charge in [0.25, 0.3) is 0 Å². The first-order chi connectivity index (χ1) is 14.7. The first-order valence-corrected chi connectivity index (χ1v) is 10.9. The molecule has 0 spiro atoms. The van der Waals surface area contributed by atoms with Gasteiger partial charge in [0.2, 0.25) is 0 Å². The van der Waals surface area contributed by atoms with Crippen molar-refractivity contribution >= 4 is 23.0 Å². The van der Waals surface area contributed by atoms with Gasteiger partial charge in [-0.1, -0.05) is 37.6 Å². The number of aryl methyl sites for hydroxylation is 1. The molecule has 30 heavy (non-hydrogen) atoms. The summed E-state index contributed by atoms with van der Waals surface area (Å²) in [6, 6.07) is 11.6. The molecule has 7 nitrogen and oxygen atoms in total. The van der Waals surface area contributed by atoms with Gasteiger partial charge in [-0.25, -0.2) is 10.1 Å². The molecular weight excluding hydrogens is 396 g/mol. The van der Waals surface area contributed by atoms with Crippen LogP contribution in [0.15, 0.2) is 48.0 Å². The Balaban J connectivity index is 1.74. The third kappa shape index (κ3) is 4.65. The van der Waals surface area contributed by atoms with Crippen molar-refractivity contribution in [1.29, 1.82) is 0 Å². The van der Waals surface area contributed by atoms with Crippen LogP contribution in [0.25, 0.3) is 11.6 Å². The summed E-state index contributed by atoms with van der Waals surface area (Å²) in [4.78, 5) is 5.92. The number of nitrogens with one attached hydrogen (secondary N) is 1. The van der Waals surface area contributed by atoms with Gasteiger partial charge in [0.15, 0.2) is 5.82 Å². The van der Waals surface area contributed by atoms with Gasteiger partial charge in [0, 0.05) is 28.9 Å². The van der Waals surface area contributed by atoms with Crippen LogP contribution in [0.1, 0.15) is 47.5 Å². The maximum atomic E-state index is 10.3. The highest BCUT2D eigenvalue weighted by molar-refractivity contribution is 7.10. The third-order valence-electron chi connectivity index (χ3n) is 4.96. The van der Waals surface area contributed by atoms with E-state index in [2.05, 4.69) is 54.6 Å². The van der Waals surface area contributed by atoms with E-state index >= 15 is 0 Å². The molecule has 2 N–H and O–H groups in total. The van der Waals surface area contributed by atoms with Gasteiger partial charge in [0.05, 0.1) is 18.4 Å². The molecule has 0 aliphatic rings. The number of imidazole rings is 1. The molecule has 154 valence electrons. The first kappa shape index (κ1) is 20.0. The van der Waals surface area contributed by atoms with E-state index in [-0.39, 0.29) is 0 Å². The molecule has 0 atom stereocenters. The zero-order valence-corrected chi connectivity index (χ0v) is 17.6. The molecule has 0 saturated heterocycles. The number of allylic oxidation sites excluding steroid dienone is 1. The summed E-state index contributed by atoms with van der Waals surface area (Å²) < 4.78 is 2.17. The monoisotopic (exact) mass is 420 g/mol. The molecule has 1 aromatic carbocycles. The van der Waals surface area contributed by atoms with Gasteiger partial charge >= 0.3 is 0 Å². The molecular formula is C22H24N6OS. The maximum Gasteiger partial charge on any atom is 0.175 e. The zero-order valence-electron chi connectivity index (χ0n) is 16.8. The molecule has 0 aliphatic carbocycles. The molecule has 0 bridgehead atoms. The number of aromatic nitrogens is 6. The molecule has 3 heterocycles. The fourth-order valence-corrected chi connectivity index (χ4v) is 4.08. The second-order valence-corrected chi connectivity index (χ2v) is 8.13. The van der Waals surface area contributed by atoms with E-state index in [1.165, 1.54) is 4.88 Å². The van der Waals surface area contributed by atoms with E-state index in [0.717, 1.165) is 48.3 Å². The Labute approximate surface area is 179 Å². The summed E-state index contributed by atoms with van der Waals surface area (Å²) in [6.45, 7) is 2.73. The summed E-state index contributed by atoms with van der Waals surface area (Å²) in [5, 5.41) is 26.9. The molecule has 0 saturated carbocycles. The number of para-hydroxylation sites is 1. The van der Waals surface area contributed by atoms with Gasteiger partial charge in [0.1, 0.15) is 11.6 Å². The van der Waals surface area contributed by atoms with Crippen LogP contribution in [0.5, 0.6) is 5.75 Å². The average molecular weight is 421 g/mol. The van der Waals surface area contributed by atoms with E-state index < -0.39 is 0 Å². The van der Waals surface area contributed by atoms with Crippen LogP contribution in [0, 0.1) is 0 Å². The summed E-state index contributed by atoms with van der Waals surface area (Å²) in [5.74, 6) is 1.95. The minimum Gasteiger partial charge on any atom is -0.508 e. The number of H-pyrrole nitrogens is 1. The van der Waals surface area contributed by atoms with E-state index in [1.54, 1.807) is 17.4 Å². The van der Waals surface area contributed by atoms with Crippen molar-refractivity contribution in [2.75, 3.05) is 0 Å². The Morgan fingerprint density at radius 3 is 2.87 bits per heavy atom. The highest BCUT2D eigenvalue weighted by Crippen LogP contribution is 2.25. The molecule has 0 radical (unpaired) electrons. The van der Waals surface area contributed by atoms with Crippen LogP contribution in [-0.2, 0) is 19.4 Å². The number of hydrogen-bond donors (Lipinski definition) is 2. The van der Waals surface area contributed by atoms with Gasteiger partial charge in [-0.3, -0.25) is 0 Å². The lowest BCUT2D eigenvalue weighted by atomic mass is 10.1. The number of aromatic amines is 1. The molecule has 0 fully saturated rings. The molecule has 4 rings (SSSR count). The van der Waals surface area contributed by atoms with E-state index in [1.807, 2.05) is 30.5 Å². The summed E-state index contributed by atoms with van der Waals surface area (Å²) >= 11 is 1.71. The van der Waals surface area contributed by atoms with Crippen molar-refractivity contribution in [2.24, 2.45) is 0 Å². The fraction of sp³-hybridized carbons (Fsp3) is 0.273. The molecule has 0 unspecified atom stereocenters. The number of phenols is 1. The second-order valence-electron chi connectivity index (χ2n) is 7.09. The molecule has 8 heteroatoms. The fourth-order valence-electron chi connectivity index (χ4n) is 3.35. The number of nitrogens with zero attached hydrogens (tertiary/aromatic N) is 5. The van der Waals surface area contributed by atoms with Gasteiger partial charge in [-0.05, 0) is 40.4 Å². The quantitative estimate of drug-likeness (QED) is 0.420. The van der Waals surface area contributed by atoms with Crippen LogP contribution < -0.4 is 0 Å². The lowest BCUT2D eigenvalue weighted by molar-refractivity contribution is 0.465. The Hall–Kier alpha value is -3.26. The predicted octanol–water partition coefficient (Wildman–Crippen LogP) is 4.34. The van der Waals surface area contributed by atoms with Crippen molar-refractivity contribution in [1.82, 2.24) is 30.2 Å². The van der Waals surface area contributed by atoms with Crippen LogP contribution in [0.2, 0.25) is 0 Å². The standard InChI is InChI=1S/C22H24N6OS/c1-2-3-10-21-23-14-18(28(21)15-16-7-4-5-9-20(16)29)12-17(22-24-26-27-25-22)13-19-8-6-11-30-19/h4-9,11-12,14,29H,2-3,10,13,15H2,1H3,(H,24,25,26,27). The van der Waals surface area contributed by atoms with Crippen LogP contribution in [0.3, 0.4) is 0 Å². The van der Waals surface area contributed by atoms with Crippen LogP contribution in [-0.4, -0.2) is 35.3 Å². The van der Waals surface area contributed by atoms with Gasteiger partial charge < -0.3 is 9.67 Å². The Morgan fingerprint density at radius 1 is 1.23 bits per heavy atom. The Morgan fingerprint density at radius 2 is 2.13 bits per heavy atom. The summed E-state index contributed by atoms with van der Waals surface area (Å²) in [5.41, 5.74) is 2.82. The van der Waals surface area contributed by atoms with E-state index in [0.29, 0.717) is 18.1 Å². The largest absolute Gasteiger partial charge is 0.508 e. The van der Waals surface area contributed by atoms with Crippen LogP contribution >= 0.6 is 11.3 Å². The molecule has 4 aromatic rings. The highest BCUT2D eigenvalue weighted by Gasteiger charge is 2.14. The topological polar surface area (TPSA) is 92.5 Å². The van der Waals surface area contributed by atoms with E-state index in [4.69, 9.17) is 0 Å². The second kappa shape index (κ2) is 9.49. The number of aromatic hydroxyl groups is 1. The lowest BCUT2D eigenvalue weighted by Gasteiger charge is -2.12. The maximum absolute atomic E-state index is 10.3. The summed E-state index contributed by atoms with van der Waals surface area (Å²) in [7, 11) is 0. The summed E-state index contributed by atoms with van der Waals surface area (Å²) in [6.07, 6.45) is 7.76. The van der Waals surface area contributed by atoms with Crippen molar-refractivity contribution < 1.29 is 5.11 Å². The highest BCUT2D eigenvalue weighted by atomic mass is 32.1. The number of rotatable bonds is 9. The number of phenolic OH excluding ortho intramolecular Hbond substituents is 1. The van der Waals surface area contributed by atoms with E-state index in [9.17, 15) is 5.11 Å². The molecule has 0 amide bonds. The van der Waals surface area contributed by atoms with Crippen molar-refractivity contribution in [3.05, 3.63) is 75.8 Å². The number of thiophene rings is 1. The minimum atomic E-state index is 0.292. The third-order valence-corrected chi connectivity index (χ3v) is 5.84.